The molecule has 2 aromatic carbocycles. The van der Waals surface area contributed by atoms with E-state index in [0.29, 0.717) is 27.8 Å². The van der Waals surface area contributed by atoms with E-state index in [4.69, 9.17) is 11.6 Å². The van der Waals surface area contributed by atoms with Gasteiger partial charge in [-0.3, -0.25) is 14.9 Å². The summed E-state index contributed by atoms with van der Waals surface area (Å²) in [6.45, 7) is 3.51. The van der Waals surface area contributed by atoms with Gasteiger partial charge in [-0.25, -0.2) is 9.37 Å². The molecular weight excluding hydrogens is 387 g/mol. The molecule has 136 valence electrons. The maximum absolute atomic E-state index is 13.6. The molecule has 0 atom stereocenters. The number of aliphatic imine (C=N–C) groups is 1. The molecule has 0 aliphatic rings. The average molecular weight is 401 g/mol. The second-order valence-electron chi connectivity index (χ2n) is 6.01. The highest BCUT2D eigenvalue weighted by Gasteiger charge is 2.17. The Morgan fingerprint density at radius 1 is 1.30 bits per heavy atom. The molecule has 4 aromatic rings. The van der Waals surface area contributed by atoms with Crippen LogP contribution in [0.5, 0.6) is 0 Å². The predicted molar refractivity (Wildman–Crippen MR) is 108 cm³/mol. The Morgan fingerprint density at radius 3 is 2.81 bits per heavy atom. The maximum Gasteiger partial charge on any atom is 0.282 e. The molecule has 0 unspecified atom stereocenters. The van der Waals surface area contributed by atoms with Crippen molar-refractivity contribution in [2.24, 2.45) is 4.99 Å². The number of benzene rings is 2. The van der Waals surface area contributed by atoms with Gasteiger partial charge in [0.25, 0.3) is 5.56 Å². The first-order valence-corrected chi connectivity index (χ1v) is 9.32. The highest BCUT2D eigenvalue weighted by atomic mass is 35.5. The van der Waals surface area contributed by atoms with Gasteiger partial charge in [-0.15, -0.1) is 0 Å². The average Bonchev–Trinajstić information content (AvgIpc) is 3.18. The van der Waals surface area contributed by atoms with Crippen molar-refractivity contribution in [2.45, 2.75) is 13.8 Å². The molecule has 1 N–H and O–H groups in total. The molecule has 5 nitrogen and oxygen atoms in total. The molecule has 0 radical (unpaired) electrons. The first-order valence-electron chi connectivity index (χ1n) is 8.12. The van der Waals surface area contributed by atoms with E-state index in [0.717, 1.165) is 10.2 Å². The molecule has 0 spiro atoms. The number of nitrogens with zero attached hydrogens (tertiary/aromatic N) is 3. The van der Waals surface area contributed by atoms with Crippen LogP contribution in [0.1, 0.15) is 18.2 Å². The Morgan fingerprint density at radius 2 is 2.07 bits per heavy atom. The van der Waals surface area contributed by atoms with Crippen molar-refractivity contribution >= 4 is 44.6 Å². The smallest absolute Gasteiger partial charge is 0.282 e. The number of hydrogen-bond donors (Lipinski definition) is 1. The Bertz CT molecular complexity index is 1220. The second kappa shape index (κ2) is 6.75. The minimum atomic E-state index is -0.552. The predicted octanol–water partition coefficient (Wildman–Crippen LogP) is 5.02. The largest absolute Gasteiger partial charge is 0.293 e. The summed E-state index contributed by atoms with van der Waals surface area (Å²) < 4.78 is 16.0. The summed E-state index contributed by atoms with van der Waals surface area (Å²) in [4.78, 5) is 21.8. The quantitative estimate of drug-likeness (QED) is 0.491. The molecular formula is C19H14ClFN4OS. The number of nitrogens with one attached hydrogen (secondary N) is 1. The number of aromatic nitrogens is 3. The van der Waals surface area contributed by atoms with Gasteiger partial charge < -0.3 is 0 Å². The monoisotopic (exact) mass is 400 g/mol. The van der Waals surface area contributed by atoms with Crippen LogP contribution in [0.15, 0.2) is 52.3 Å². The third-order valence-electron chi connectivity index (χ3n) is 4.11. The third kappa shape index (κ3) is 3.20. The molecule has 27 heavy (non-hydrogen) atoms. The SMILES string of the molecule is CC(=Nc1ccc(Cl)c(F)c1)c1c(C)[nH]n(-c2nc3ccccc3s2)c1=O. The summed E-state index contributed by atoms with van der Waals surface area (Å²) in [5.74, 6) is -0.552. The molecule has 2 aromatic heterocycles. The van der Waals surface area contributed by atoms with E-state index in [-0.39, 0.29) is 10.6 Å². The number of halogens is 2. The number of rotatable bonds is 3. The molecule has 2 heterocycles. The maximum atomic E-state index is 13.6. The molecule has 0 bridgehead atoms. The first kappa shape index (κ1) is 17.6. The highest BCUT2D eigenvalue weighted by Crippen LogP contribution is 2.24. The third-order valence-corrected chi connectivity index (χ3v) is 5.44. The zero-order valence-electron chi connectivity index (χ0n) is 14.5. The topological polar surface area (TPSA) is 63.0 Å². The van der Waals surface area contributed by atoms with Crippen LogP contribution in [0.25, 0.3) is 15.3 Å². The lowest BCUT2D eigenvalue weighted by atomic mass is 10.2. The molecule has 4 rings (SSSR count). The van der Waals surface area contributed by atoms with E-state index in [2.05, 4.69) is 15.1 Å². The molecule has 0 fully saturated rings. The van der Waals surface area contributed by atoms with Crippen molar-refractivity contribution in [3.63, 3.8) is 0 Å². The molecule has 0 aliphatic carbocycles. The van der Waals surface area contributed by atoms with Gasteiger partial charge in [-0.2, -0.15) is 4.68 Å². The number of para-hydroxylation sites is 1. The Kier molecular flexibility index (Phi) is 4.41. The summed E-state index contributed by atoms with van der Waals surface area (Å²) in [5.41, 5.74) is 2.55. The number of hydrogen-bond acceptors (Lipinski definition) is 4. The zero-order valence-corrected chi connectivity index (χ0v) is 16.0. The van der Waals surface area contributed by atoms with Crippen molar-refractivity contribution < 1.29 is 4.39 Å². The van der Waals surface area contributed by atoms with Crippen LogP contribution in [0.2, 0.25) is 5.02 Å². The molecule has 8 heteroatoms. The van der Waals surface area contributed by atoms with Gasteiger partial charge >= 0.3 is 0 Å². The summed E-state index contributed by atoms with van der Waals surface area (Å²) >= 11 is 7.12. The first-order chi connectivity index (χ1) is 12.9. The zero-order chi connectivity index (χ0) is 19.1. The summed E-state index contributed by atoms with van der Waals surface area (Å²) in [6.07, 6.45) is 0. The van der Waals surface area contributed by atoms with Gasteiger partial charge in [0.1, 0.15) is 5.82 Å². The molecule has 0 saturated heterocycles. The van der Waals surface area contributed by atoms with Crippen LogP contribution in [0.3, 0.4) is 0 Å². The second-order valence-corrected chi connectivity index (χ2v) is 7.43. The van der Waals surface area contributed by atoms with Crippen molar-refractivity contribution in [1.29, 1.82) is 0 Å². The van der Waals surface area contributed by atoms with Crippen molar-refractivity contribution in [3.05, 3.63) is 74.9 Å². The number of thiazole rings is 1. The molecule has 0 amide bonds. The lowest BCUT2D eigenvalue weighted by Gasteiger charge is -2.00. The Hall–Kier alpha value is -2.77. The van der Waals surface area contributed by atoms with E-state index in [1.165, 1.54) is 28.2 Å². The number of aromatic amines is 1. The van der Waals surface area contributed by atoms with Crippen LogP contribution in [-0.2, 0) is 0 Å². The van der Waals surface area contributed by atoms with Crippen LogP contribution in [0, 0.1) is 12.7 Å². The van der Waals surface area contributed by atoms with Crippen LogP contribution < -0.4 is 5.56 Å². The number of H-pyrrole nitrogens is 1. The normalized spacial score (nSPS) is 12.1. The summed E-state index contributed by atoms with van der Waals surface area (Å²) in [6, 6.07) is 12.0. The highest BCUT2D eigenvalue weighted by molar-refractivity contribution is 7.20. The fourth-order valence-corrected chi connectivity index (χ4v) is 3.91. The van der Waals surface area contributed by atoms with Crippen molar-refractivity contribution in [2.75, 3.05) is 0 Å². The van der Waals surface area contributed by atoms with Gasteiger partial charge in [0.2, 0.25) is 5.13 Å². The van der Waals surface area contributed by atoms with E-state index >= 15 is 0 Å². The van der Waals surface area contributed by atoms with Crippen LogP contribution in [-0.4, -0.2) is 20.5 Å². The lowest BCUT2D eigenvalue weighted by molar-refractivity contribution is 0.628. The van der Waals surface area contributed by atoms with Gasteiger partial charge in [0, 0.05) is 11.8 Å². The van der Waals surface area contributed by atoms with E-state index in [1.807, 2.05) is 24.3 Å². The van der Waals surface area contributed by atoms with Crippen LogP contribution in [0.4, 0.5) is 10.1 Å². The van der Waals surface area contributed by atoms with Crippen molar-refractivity contribution in [3.8, 4) is 5.13 Å². The Balaban J connectivity index is 1.79. The van der Waals surface area contributed by atoms with Crippen LogP contribution >= 0.6 is 22.9 Å². The lowest BCUT2D eigenvalue weighted by Crippen LogP contribution is -2.19. The van der Waals surface area contributed by atoms with Gasteiger partial charge in [-0.05, 0) is 38.1 Å². The number of fused-ring (bicyclic) bond motifs is 1. The fraction of sp³-hybridized carbons (Fsp3) is 0.105. The number of aryl methyl sites for hydroxylation is 1. The fourth-order valence-electron chi connectivity index (χ4n) is 2.87. The van der Waals surface area contributed by atoms with Gasteiger partial charge in [0.15, 0.2) is 0 Å². The van der Waals surface area contributed by atoms with Gasteiger partial charge in [-0.1, -0.05) is 35.1 Å². The summed E-state index contributed by atoms with van der Waals surface area (Å²) in [7, 11) is 0. The minimum absolute atomic E-state index is 0.0302. The van der Waals surface area contributed by atoms with Crippen molar-refractivity contribution in [1.82, 2.24) is 14.8 Å². The van der Waals surface area contributed by atoms with E-state index in [9.17, 15) is 9.18 Å². The molecule has 0 saturated carbocycles. The van der Waals surface area contributed by atoms with E-state index < -0.39 is 5.82 Å². The van der Waals surface area contributed by atoms with E-state index in [1.54, 1.807) is 19.9 Å². The summed E-state index contributed by atoms with van der Waals surface area (Å²) in [5, 5.41) is 3.64. The minimum Gasteiger partial charge on any atom is -0.293 e. The Labute approximate surface area is 162 Å². The molecule has 0 aliphatic heterocycles. The standard InChI is InChI=1S/C19H14ClFN4OS/c1-10(22-12-7-8-13(20)14(21)9-12)17-11(2)24-25(18(17)26)19-23-15-5-3-4-6-16(15)27-19/h3-9,24H,1-2H3. The van der Waals surface area contributed by atoms with Gasteiger partial charge in [0.05, 0.1) is 32.2 Å².